The van der Waals surface area contributed by atoms with E-state index >= 15 is 0 Å². The second kappa shape index (κ2) is 8.41. The van der Waals surface area contributed by atoms with Crippen molar-refractivity contribution in [3.05, 3.63) is 65.2 Å². The Labute approximate surface area is 188 Å². The lowest BCUT2D eigenvalue weighted by atomic mass is 9.99. The number of benzene rings is 2. The van der Waals surface area contributed by atoms with E-state index in [1.807, 2.05) is 6.07 Å². The van der Waals surface area contributed by atoms with Crippen molar-refractivity contribution in [3.63, 3.8) is 0 Å². The van der Waals surface area contributed by atoms with Crippen molar-refractivity contribution < 1.29 is 9.57 Å². The van der Waals surface area contributed by atoms with Crippen LogP contribution in [-0.4, -0.2) is 49.6 Å². The molecule has 0 spiro atoms. The maximum absolute atomic E-state index is 6.38. The Kier molecular flexibility index (Phi) is 5.45. The number of ether oxygens (including phenoxy) is 1. The van der Waals surface area contributed by atoms with E-state index in [-0.39, 0.29) is 5.54 Å². The Morgan fingerprint density at radius 1 is 1.22 bits per heavy atom. The van der Waals surface area contributed by atoms with Crippen LogP contribution in [0.1, 0.15) is 23.1 Å². The summed E-state index contributed by atoms with van der Waals surface area (Å²) < 4.78 is 5.32. The molecule has 166 valence electrons. The predicted molar refractivity (Wildman–Crippen MR) is 128 cm³/mol. The second-order valence-corrected chi connectivity index (χ2v) is 8.81. The summed E-state index contributed by atoms with van der Waals surface area (Å²) in [5.41, 5.74) is 12.6. The van der Waals surface area contributed by atoms with E-state index in [0.717, 1.165) is 53.2 Å². The molecule has 7 heteroatoms. The Balaban J connectivity index is 1.52. The number of rotatable bonds is 5. The van der Waals surface area contributed by atoms with E-state index < -0.39 is 0 Å². The van der Waals surface area contributed by atoms with E-state index in [1.54, 1.807) is 7.11 Å². The van der Waals surface area contributed by atoms with Crippen molar-refractivity contribution in [2.75, 3.05) is 43.6 Å². The number of fused-ring (bicyclic) bond motifs is 2. The summed E-state index contributed by atoms with van der Waals surface area (Å²) in [7, 11) is 1.60. The van der Waals surface area contributed by atoms with Gasteiger partial charge in [0.2, 0.25) is 0 Å². The van der Waals surface area contributed by atoms with Gasteiger partial charge in [-0.2, -0.15) is 0 Å². The first-order valence-electron chi connectivity index (χ1n) is 11.0. The standard InChI is InChI=1S/C25H29N5O2/c1-17-7-8-21-20(11-17)23(27-14-25(26)15-32-16-25)12-24(28-21)30-10-9-22(29-31-2)19-6-4-3-5-18(19)13-30/h3-8,11-12H,9-10,13-16,26H2,1-2H3,(H,27,28)/b29-22-. The van der Waals surface area contributed by atoms with E-state index in [4.69, 9.17) is 20.3 Å². The molecule has 0 saturated carbocycles. The van der Waals surface area contributed by atoms with Crippen molar-refractivity contribution in [2.45, 2.75) is 25.4 Å². The van der Waals surface area contributed by atoms with E-state index in [2.05, 4.69) is 64.8 Å². The number of nitrogens with one attached hydrogen (secondary N) is 1. The van der Waals surface area contributed by atoms with Crippen LogP contribution in [-0.2, 0) is 16.1 Å². The number of aryl methyl sites for hydroxylation is 1. The Hall–Kier alpha value is -3.16. The molecule has 1 saturated heterocycles. The highest BCUT2D eigenvalue weighted by Crippen LogP contribution is 2.31. The van der Waals surface area contributed by atoms with Gasteiger partial charge in [-0.3, -0.25) is 0 Å². The van der Waals surface area contributed by atoms with Crippen LogP contribution in [0.25, 0.3) is 10.9 Å². The Morgan fingerprint density at radius 2 is 2.06 bits per heavy atom. The number of pyridine rings is 1. The highest BCUT2D eigenvalue weighted by atomic mass is 16.6. The summed E-state index contributed by atoms with van der Waals surface area (Å²) >= 11 is 0. The predicted octanol–water partition coefficient (Wildman–Crippen LogP) is 3.44. The van der Waals surface area contributed by atoms with Gasteiger partial charge in [0.15, 0.2) is 0 Å². The van der Waals surface area contributed by atoms with Crippen LogP contribution in [0, 0.1) is 6.92 Å². The number of anilines is 2. The summed E-state index contributed by atoms with van der Waals surface area (Å²) in [6.07, 6.45) is 0.782. The Morgan fingerprint density at radius 3 is 2.84 bits per heavy atom. The van der Waals surface area contributed by atoms with Gasteiger partial charge in [-0.1, -0.05) is 41.1 Å². The topological polar surface area (TPSA) is 85.0 Å². The number of nitrogens with two attached hydrogens (primary N) is 1. The second-order valence-electron chi connectivity index (χ2n) is 8.81. The lowest BCUT2D eigenvalue weighted by Gasteiger charge is -2.38. The van der Waals surface area contributed by atoms with E-state index in [1.165, 1.54) is 11.1 Å². The normalized spacial score (nSPS) is 18.7. The van der Waals surface area contributed by atoms with Crippen molar-refractivity contribution in [1.82, 2.24) is 4.98 Å². The van der Waals surface area contributed by atoms with Gasteiger partial charge >= 0.3 is 0 Å². The molecule has 1 aromatic heterocycles. The summed E-state index contributed by atoms with van der Waals surface area (Å²) in [6.45, 7) is 5.49. The number of nitrogens with zero attached hydrogens (tertiary/aromatic N) is 3. The first-order chi connectivity index (χ1) is 15.5. The minimum Gasteiger partial charge on any atom is -0.399 e. The van der Waals surface area contributed by atoms with Gasteiger partial charge in [0.25, 0.3) is 0 Å². The molecule has 2 aliphatic rings. The summed E-state index contributed by atoms with van der Waals surface area (Å²) in [6, 6.07) is 16.9. The van der Waals surface area contributed by atoms with Crippen molar-refractivity contribution >= 4 is 28.1 Å². The van der Waals surface area contributed by atoms with Crippen molar-refractivity contribution in [1.29, 1.82) is 0 Å². The zero-order valence-corrected chi connectivity index (χ0v) is 18.6. The van der Waals surface area contributed by atoms with Gasteiger partial charge in [0.1, 0.15) is 12.9 Å². The number of hydrogen-bond donors (Lipinski definition) is 2. The van der Waals surface area contributed by atoms with Gasteiger partial charge in [-0.25, -0.2) is 4.98 Å². The summed E-state index contributed by atoms with van der Waals surface area (Å²) in [5, 5.41) is 8.99. The molecule has 3 heterocycles. The summed E-state index contributed by atoms with van der Waals surface area (Å²) in [5.74, 6) is 0.938. The third kappa shape index (κ3) is 4.01. The summed E-state index contributed by atoms with van der Waals surface area (Å²) in [4.78, 5) is 12.5. The minimum atomic E-state index is -0.313. The molecule has 0 aliphatic carbocycles. The van der Waals surface area contributed by atoms with Crippen LogP contribution in [0.4, 0.5) is 11.5 Å². The highest BCUT2D eigenvalue weighted by Gasteiger charge is 2.34. The van der Waals surface area contributed by atoms with Crippen LogP contribution in [0.2, 0.25) is 0 Å². The molecule has 5 rings (SSSR count). The zero-order valence-electron chi connectivity index (χ0n) is 18.6. The quantitative estimate of drug-likeness (QED) is 0.602. The lowest BCUT2D eigenvalue weighted by molar-refractivity contribution is -0.0461. The van der Waals surface area contributed by atoms with Gasteiger partial charge in [-0.15, -0.1) is 0 Å². The molecule has 0 amide bonds. The van der Waals surface area contributed by atoms with Crippen LogP contribution < -0.4 is 16.0 Å². The minimum absolute atomic E-state index is 0.313. The number of hydrogen-bond acceptors (Lipinski definition) is 7. The molecule has 0 radical (unpaired) electrons. The fourth-order valence-electron chi connectivity index (χ4n) is 4.37. The monoisotopic (exact) mass is 431 g/mol. The Bertz CT molecular complexity index is 1170. The molecule has 0 unspecified atom stereocenters. The van der Waals surface area contributed by atoms with Crippen LogP contribution in [0.5, 0.6) is 0 Å². The molecule has 3 N–H and O–H groups in total. The first-order valence-corrected chi connectivity index (χ1v) is 11.0. The molecular formula is C25H29N5O2. The van der Waals surface area contributed by atoms with Gasteiger partial charge in [-0.05, 0) is 24.6 Å². The lowest BCUT2D eigenvalue weighted by Crippen LogP contribution is -2.61. The third-order valence-corrected chi connectivity index (χ3v) is 6.19. The molecular weight excluding hydrogens is 402 g/mol. The molecule has 32 heavy (non-hydrogen) atoms. The molecule has 1 fully saturated rings. The third-order valence-electron chi connectivity index (χ3n) is 6.19. The highest BCUT2D eigenvalue weighted by molar-refractivity contribution is 6.02. The molecule has 2 aromatic carbocycles. The average molecular weight is 432 g/mol. The molecule has 0 atom stereocenters. The van der Waals surface area contributed by atoms with Crippen LogP contribution in [0.15, 0.2) is 53.7 Å². The maximum Gasteiger partial charge on any atom is 0.131 e. The number of oxime groups is 1. The molecule has 7 nitrogen and oxygen atoms in total. The van der Waals surface area contributed by atoms with Crippen LogP contribution in [0.3, 0.4) is 0 Å². The fourth-order valence-corrected chi connectivity index (χ4v) is 4.37. The molecule has 2 aliphatic heterocycles. The molecule has 0 bridgehead atoms. The smallest absolute Gasteiger partial charge is 0.131 e. The largest absolute Gasteiger partial charge is 0.399 e. The van der Waals surface area contributed by atoms with Gasteiger partial charge in [0, 0.05) is 48.8 Å². The van der Waals surface area contributed by atoms with E-state index in [9.17, 15) is 0 Å². The first kappa shape index (κ1) is 20.7. The zero-order chi connectivity index (χ0) is 22.1. The average Bonchev–Trinajstić information content (AvgIpc) is 2.96. The van der Waals surface area contributed by atoms with Crippen LogP contribution >= 0.6 is 0 Å². The number of aromatic nitrogens is 1. The van der Waals surface area contributed by atoms with Crippen molar-refractivity contribution in [3.8, 4) is 0 Å². The SMILES string of the molecule is CO/N=C1/CCN(c2cc(NCC3(N)COC3)c3cc(C)ccc3n2)Cc2ccccc21. The maximum atomic E-state index is 6.38. The molecule has 3 aromatic rings. The van der Waals surface area contributed by atoms with Gasteiger partial charge < -0.3 is 25.5 Å². The van der Waals surface area contributed by atoms with Crippen molar-refractivity contribution in [2.24, 2.45) is 10.9 Å². The van der Waals surface area contributed by atoms with Gasteiger partial charge in [0.05, 0.1) is 30.0 Å². The fraction of sp³-hybridized carbons (Fsp3) is 0.360. The van der Waals surface area contributed by atoms with E-state index in [0.29, 0.717) is 19.8 Å².